The Bertz CT molecular complexity index is 958. The van der Waals surface area contributed by atoms with Crippen LogP contribution >= 0.6 is 12.4 Å². The van der Waals surface area contributed by atoms with Crippen molar-refractivity contribution in [3.05, 3.63) is 29.9 Å². The number of nitrogens with one attached hydrogen (secondary N) is 1. The van der Waals surface area contributed by atoms with E-state index in [-0.39, 0.29) is 24.5 Å². The van der Waals surface area contributed by atoms with Gasteiger partial charge in [-0.1, -0.05) is 65.5 Å². The van der Waals surface area contributed by atoms with Gasteiger partial charge in [-0.25, -0.2) is 4.98 Å². The van der Waals surface area contributed by atoms with Crippen molar-refractivity contribution in [2.75, 3.05) is 0 Å². The quantitative estimate of drug-likeness (QED) is 0.250. The fraction of sp³-hybridized carbons (Fsp3) is 0.818. The number of fused-ring (bicyclic) bond motifs is 5. The number of aryl methyl sites for hydroxylation is 1. The molecule has 8 atom stereocenters. The maximum absolute atomic E-state index is 12.5. The van der Waals surface area contributed by atoms with Crippen LogP contribution < -0.4 is 0 Å². The fourth-order valence-electron chi connectivity index (χ4n) is 9.66. The van der Waals surface area contributed by atoms with Crippen LogP contribution in [0.3, 0.4) is 0 Å². The maximum atomic E-state index is 12.5. The number of H-pyrrole nitrogens is 1. The lowest BCUT2D eigenvalue weighted by atomic mass is 9.47. The number of esters is 1. The second-order valence-electron chi connectivity index (χ2n) is 14.2. The molecule has 0 spiro atoms. The number of hydrogen-bond acceptors (Lipinski definition) is 3. The van der Waals surface area contributed by atoms with E-state index < -0.39 is 0 Å². The third kappa shape index (κ3) is 5.77. The number of nitrogens with zero attached hydrogens (tertiary/aromatic N) is 1. The monoisotopic (exact) mass is 544 g/mol. The van der Waals surface area contributed by atoms with Crippen LogP contribution in [0.15, 0.2) is 24.2 Å². The smallest absolute Gasteiger partial charge is 0.306 e. The number of ether oxygens (including phenoxy) is 1. The Hall–Kier alpha value is -1.29. The number of carbonyl (C=O) groups is 1. The first-order valence-corrected chi connectivity index (χ1v) is 15.6. The molecule has 0 bridgehead atoms. The largest absolute Gasteiger partial charge is 0.462 e. The Morgan fingerprint density at radius 1 is 1.11 bits per heavy atom. The molecule has 4 nitrogen and oxygen atoms in total. The van der Waals surface area contributed by atoms with E-state index in [0.717, 1.165) is 54.0 Å². The van der Waals surface area contributed by atoms with E-state index in [9.17, 15) is 4.79 Å². The zero-order chi connectivity index (χ0) is 26.2. The highest BCUT2D eigenvalue weighted by Gasteiger charge is 2.59. The molecule has 0 aromatic carbocycles. The summed E-state index contributed by atoms with van der Waals surface area (Å²) in [6.45, 7) is 12.6. The molecule has 1 aromatic rings. The fourth-order valence-corrected chi connectivity index (χ4v) is 9.66. The number of hydrogen-bond donors (Lipinski definition) is 1. The topological polar surface area (TPSA) is 55.0 Å². The first-order chi connectivity index (χ1) is 17.7. The highest BCUT2D eigenvalue weighted by molar-refractivity contribution is 5.85. The van der Waals surface area contributed by atoms with Gasteiger partial charge in [0.25, 0.3) is 0 Å². The predicted molar refractivity (Wildman–Crippen MR) is 157 cm³/mol. The second-order valence-corrected chi connectivity index (χ2v) is 14.2. The van der Waals surface area contributed by atoms with Gasteiger partial charge >= 0.3 is 5.97 Å². The van der Waals surface area contributed by atoms with Gasteiger partial charge in [0.2, 0.25) is 0 Å². The minimum absolute atomic E-state index is 0. The Balaban J connectivity index is 0.00000336. The van der Waals surface area contributed by atoms with Crippen LogP contribution in [0.5, 0.6) is 0 Å². The summed E-state index contributed by atoms with van der Waals surface area (Å²) in [5, 5.41) is 0. The highest BCUT2D eigenvalue weighted by Crippen LogP contribution is 2.67. The Kier molecular flexibility index (Phi) is 9.43. The van der Waals surface area contributed by atoms with Crippen molar-refractivity contribution >= 4 is 18.4 Å². The molecule has 5 rings (SSSR count). The number of halogens is 1. The summed E-state index contributed by atoms with van der Waals surface area (Å²) in [7, 11) is 0. The molecule has 3 saturated carbocycles. The Labute approximate surface area is 238 Å². The normalized spacial score (nSPS) is 36.9. The van der Waals surface area contributed by atoms with Gasteiger partial charge in [0.05, 0.1) is 12.7 Å². The van der Waals surface area contributed by atoms with Gasteiger partial charge in [-0.2, -0.15) is 0 Å². The molecule has 1 N–H and O–H groups in total. The van der Waals surface area contributed by atoms with Crippen molar-refractivity contribution in [3.63, 3.8) is 0 Å². The van der Waals surface area contributed by atoms with E-state index in [0.29, 0.717) is 23.7 Å². The Morgan fingerprint density at radius 2 is 1.92 bits per heavy atom. The van der Waals surface area contributed by atoms with Crippen molar-refractivity contribution in [1.82, 2.24) is 9.97 Å². The maximum Gasteiger partial charge on any atom is 0.306 e. The average molecular weight is 545 g/mol. The molecular weight excluding hydrogens is 492 g/mol. The van der Waals surface area contributed by atoms with E-state index >= 15 is 0 Å². The zero-order valence-electron chi connectivity index (χ0n) is 24.6. The van der Waals surface area contributed by atoms with Gasteiger partial charge in [-0.3, -0.25) is 4.79 Å². The molecule has 3 fully saturated rings. The summed E-state index contributed by atoms with van der Waals surface area (Å²) in [5.74, 6) is 5.13. The minimum atomic E-state index is -0.0644. The summed E-state index contributed by atoms with van der Waals surface area (Å²) in [5.41, 5.74) is 3.45. The molecule has 0 amide bonds. The number of aromatic amines is 1. The molecule has 0 radical (unpaired) electrons. The first-order valence-electron chi connectivity index (χ1n) is 15.6. The molecule has 4 aliphatic carbocycles. The molecular formula is C33H53ClN2O2. The third-order valence-corrected chi connectivity index (χ3v) is 11.7. The summed E-state index contributed by atoms with van der Waals surface area (Å²) < 4.78 is 5.98. The van der Waals surface area contributed by atoms with E-state index in [1.807, 2.05) is 0 Å². The van der Waals surface area contributed by atoms with Crippen LogP contribution in [0.4, 0.5) is 0 Å². The van der Waals surface area contributed by atoms with Crippen molar-refractivity contribution in [2.24, 2.45) is 46.3 Å². The molecule has 0 saturated heterocycles. The number of carbonyl (C=O) groups excluding carboxylic acids is 1. The van der Waals surface area contributed by atoms with E-state index in [4.69, 9.17) is 4.74 Å². The lowest BCUT2D eigenvalue weighted by molar-refractivity contribution is -0.151. The van der Waals surface area contributed by atoms with Crippen LogP contribution in [-0.2, 0) is 16.0 Å². The number of allylic oxidation sites excluding steroid dienone is 1. The molecule has 4 aliphatic rings. The van der Waals surface area contributed by atoms with E-state index in [1.54, 1.807) is 18.1 Å². The number of imidazole rings is 1. The lowest BCUT2D eigenvalue weighted by Crippen LogP contribution is -2.51. The summed E-state index contributed by atoms with van der Waals surface area (Å²) in [4.78, 5) is 19.7. The second kappa shape index (κ2) is 12.1. The van der Waals surface area contributed by atoms with Crippen molar-refractivity contribution < 1.29 is 9.53 Å². The molecule has 214 valence electrons. The van der Waals surface area contributed by atoms with E-state index in [1.165, 1.54) is 57.8 Å². The zero-order valence-corrected chi connectivity index (χ0v) is 25.5. The first kappa shape index (κ1) is 29.7. The van der Waals surface area contributed by atoms with Crippen molar-refractivity contribution in [3.8, 4) is 0 Å². The number of rotatable bonds is 9. The highest BCUT2D eigenvalue weighted by atomic mass is 35.5. The molecule has 1 aromatic heterocycles. The minimum Gasteiger partial charge on any atom is -0.462 e. The lowest BCUT2D eigenvalue weighted by Gasteiger charge is -2.58. The van der Waals surface area contributed by atoms with Crippen LogP contribution in [0.25, 0.3) is 0 Å². The molecule has 38 heavy (non-hydrogen) atoms. The van der Waals surface area contributed by atoms with Crippen LogP contribution in [0.1, 0.15) is 117 Å². The standard InChI is InChI=1S/C33H52N2O2.ClH/c1-22(2)7-6-8-23(3)28-12-13-29-27-11-9-24-19-26(37-31(36)14-10-25-20-34-21-35-25)15-17-32(24,4)30(27)16-18-33(28,29)5;/h9,20-23,26-30H,6-8,10-19H2,1-5H3,(H,34,35);1H/t23-,26+,27+,28-,29+,30+,32+,33-;/m1./s1. The summed E-state index contributed by atoms with van der Waals surface area (Å²) in [6.07, 6.45) is 21.6. The molecule has 0 unspecified atom stereocenters. The summed E-state index contributed by atoms with van der Waals surface area (Å²) in [6, 6.07) is 0. The van der Waals surface area contributed by atoms with Crippen LogP contribution in [0.2, 0.25) is 0 Å². The van der Waals surface area contributed by atoms with Crippen LogP contribution in [0, 0.1) is 46.3 Å². The predicted octanol–water partition coefficient (Wildman–Crippen LogP) is 8.72. The van der Waals surface area contributed by atoms with Crippen molar-refractivity contribution in [2.45, 2.75) is 124 Å². The van der Waals surface area contributed by atoms with Crippen molar-refractivity contribution in [1.29, 1.82) is 0 Å². The summed E-state index contributed by atoms with van der Waals surface area (Å²) >= 11 is 0. The van der Waals surface area contributed by atoms with Gasteiger partial charge in [0, 0.05) is 18.3 Å². The average Bonchev–Trinajstić information content (AvgIpc) is 3.50. The van der Waals surface area contributed by atoms with Gasteiger partial charge in [0.15, 0.2) is 0 Å². The molecule has 0 aliphatic heterocycles. The van der Waals surface area contributed by atoms with Crippen LogP contribution in [-0.4, -0.2) is 22.0 Å². The van der Waals surface area contributed by atoms with Gasteiger partial charge in [-0.05, 0) is 97.7 Å². The third-order valence-electron chi connectivity index (χ3n) is 11.7. The molecule has 1 heterocycles. The molecule has 5 heteroatoms. The van der Waals surface area contributed by atoms with E-state index in [2.05, 4.69) is 50.7 Å². The SMILES string of the molecule is CC(C)CCC[C@@H](C)[C@H]1CC[C@H]2[C@@H]3CC=C4C[C@@H](OC(=O)CCc5cnc[nH]5)CC[C@]4(C)[C@H]3CC[C@]12C.Cl. The van der Waals surface area contributed by atoms with Gasteiger partial charge < -0.3 is 9.72 Å². The van der Waals surface area contributed by atoms with Gasteiger partial charge in [0.1, 0.15) is 6.10 Å². The number of aromatic nitrogens is 2. The van der Waals surface area contributed by atoms with Gasteiger partial charge in [-0.15, -0.1) is 12.4 Å². The Morgan fingerprint density at radius 3 is 2.66 bits per heavy atom.